The minimum absolute atomic E-state index is 0.145. The lowest BCUT2D eigenvalue weighted by Gasteiger charge is -2.36. The van der Waals surface area contributed by atoms with Crippen molar-refractivity contribution >= 4 is 5.84 Å². The fourth-order valence-electron chi connectivity index (χ4n) is 2.36. The second-order valence-corrected chi connectivity index (χ2v) is 6.16. The highest BCUT2D eigenvalue weighted by atomic mass is 15.3. The summed E-state index contributed by atoms with van der Waals surface area (Å²) in [7, 11) is 0. The molecule has 0 aromatic heterocycles. The lowest BCUT2D eigenvalue weighted by Crippen LogP contribution is -2.48. The molecule has 0 unspecified atom stereocenters. The quantitative estimate of drug-likeness (QED) is 0.557. The monoisotopic (exact) mass is 238 g/mol. The standard InChI is InChI=1S/C13H26N4/c1-13(2,12(14)15)5-6-16-7-9-17(10-8-16)11-3-4-11/h11H,3-10H2,1-2H3,(H3,14,15). The molecule has 2 aliphatic rings. The summed E-state index contributed by atoms with van der Waals surface area (Å²) in [6, 6.07) is 0.908. The summed E-state index contributed by atoms with van der Waals surface area (Å²) in [5.74, 6) is 0.314. The molecule has 1 saturated heterocycles. The average molecular weight is 238 g/mol. The SMILES string of the molecule is CC(C)(CCN1CCN(C2CC2)CC1)C(=N)N. The predicted molar refractivity (Wildman–Crippen MR) is 71.3 cm³/mol. The smallest absolute Gasteiger partial charge is 0.0963 e. The molecule has 3 N–H and O–H groups in total. The van der Waals surface area contributed by atoms with Crippen LogP contribution in [0.1, 0.15) is 33.1 Å². The van der Waals surface area contributed by atoms with Gasteiger partial charge in [-0.2, -0.15) is 0 Å². The summed E-state index contributed by atoms with van der Waals surface area (Å²) in [4.78, 5) is 5.15. The third-order valence-corrected chi connectivity index (χ3v) is 4.25. The van der Waals surface area contributed by atoms with Gasteiger partial charge < -0.3 is 10.6 Å². The van der Waals surface area contributed by atoms with Crippen LogP contribution in [-0.4, -0.2) is 54.4 Å². The minimum atomic E-state index is -0.145. The third kappa shape index (κ3) is 3.42. The van der Waals surface area contributed by atoms with Crippen molar-refractivity contribution in [2.24, 2.45) is 11.1 Å². The van der Waals surface area contributed by atoms with Crippen LogP contribution < -0.4 is 5.73 Å². The Kier molecular flexibility index (Phi) is 3.73. The van der Waals surface area contributed by atoms with Crippen molar-refractivity contribution in [3.63, 3.8) is 0 Å². The number of hydrogen-bond acceptors (Lipinski definition) is 3. The summed E-state index contributed by atoms with van der Waals surface area (Å²) in [5.41, 5.74) is 5.47. The average Bonchev–Trinajstić information content (AvgIpc) is 3.11. The first-order valence-electron chi connectivity index (χ1n) is 6.80. The lowest BCUT2D eigenvalue weighted by atomic mass is 9.88. The number of nitrogens with two attached hydrogens (primary N) is 1. The van der Waals surface area contributed by atoms with E-state index in [1.807, 2.05) is 0 Å². The van der Waals surface area contributed by atoms with Crippen molar-refractivity contribution in [2.45, 2.75) is 39.2 Å². The Morgan fingerprint density at radius 1 is 1.24 bits per heavy atom. The van der Waals surface area contributed by atoms with E-state index in [2.05, 4.69) is 23.6 Å². The van der Waals surface area contributed by atoms with Gasteiger partial charge in [-0.1, -0.05) is 13.8 Å². The van der Waals surface area contributed by atoms with Crippen molar-refractivity contribution in [1.29, 1.82) is 5.41 Å². The van der Waals surface area contributed by atoms with Crippen molar-refractivity contribution in [3.05, 3.63) is 0 Å². The van der Waals surface area contributed by atoms with Gasteiger partial charge in [0.15, 0.2) is 0 Å². The molecule has 1 aliphatic heterocycles. The van der Waals surface area contributed by atoms with Gasteiger partial charge in [0.25, 0.3) is 0 Å². The van der Waals surface area contributed by atoms with Crippen LogP contribution in [-0.2, 0) is 0 Å². The second-order valence-electron chi connectivity index (χ2n) is 6.16. The summed E-state index contributed by atoms with van der Waals surface area (Å²) >= 11 is 0. The summed E-state index contributed by atoms with van der Waals surface area (Å²) in [5, 5.41) is 7.56. The molecule has 1 heterocycles. The molecule has 0 aromatic rings. The topological polar surface area (TPSA) is 56.4 Å². The Labute approximate surface area is 105 Å². The zero-order chi connectivity index (χ0) is 12.5. The molecule has 1 aliphatic carbocycles. The third-order valence-electron chi connectivity index (χ3n) is 4.25. The molecule has 98 valence electrons. The van der Waals surface area contributed by atoms with Gasteiger partial charge in [-0.3, -0.25) is 10.3 Å². The first-order valence-corrected chi connectivity index (χ1v) is 6.80. The minimum Gasteiger partial charge on any atom is -0.387 e. The molecule has 4 nitrogen and oxygen atoms in total. The van der Waals surface area contributed by atoms with E-state index in [1.54, 1.807) is 0 Å². The van der Waals surface area contributed by atoms with Crippen LogP contribution in [0.2, 0.25) is 0 Å². The van der Waals surface area contributed by atoms with Gasteiger partial charge in [-0.15, -0.1) is 0 Å². The van der Waals surface area contributed by atoms with Gasteiger partial charge >= 0.3 is 0 Å². The molecular formula is C13H26N4. The molecule has 0 spiro atoms. The highest BCUT2D eigenvalue weighted by Gasteiger charge is 2.31. The molecule has 0 aromatic carbocycles. The molecule has 0 radical (unpaired) electrons. The molecule has 0 bridgehead atoms. The number of amidine groups is 1. The number of piperazine rings is 1. The largest absolute Gasteiger partial charge is 0.387 e. The Hall–Kier alpha value is -0.610. The van der Waals surface area contributed by atoms with Crippen LogP contribution in [0, 0.1) is 10.8 Å². The van der Waals surface area contributed by atoms with Crippen molar-refractivity contribution in [1.82, 2.24) is 9.80 Å². The van der Waals surface area contributed by atoms with Crippen molar-refractivity contribution in [2.75, 3.05) is 32.7 Å². The van der Waals surface area contributed by atoms with Crippen LogP contribution in [0.4, 0.5) is 0 Å². The van der Waals surface area contributed by atoms with E-state index >= 15 is 0 Å². The van der Waals surface area contributed by atoms with E-state index in [4.69, 9.17) is 11.1 Å². The van der Waals surface area contributed by atoms with E-state index in [9.17, 15) is 0 Å². The van der Waals surface area contributed by atoms with Crippen molar-refractivity contribution < 1.29 is 0 Å². The van der Waals surface area contributed by atoms with E-state index < -0.39 is 0 Å². The maximum Gasteiger partial charge on any atom is 0.0963 e. The predicted octanol–water partition coefficient (Wildman–Crippen LogP) is 1.12. The van der Waals surface area contributed by atoms with E-state index in [0.717, 1.165) is 19.0 Å². The first-order chi connectivity index (χ1) is 7.99. The van der Waals surface area contributed by atoms with E-state index in [0.29, 0.717) is 5.84 Å². The molecule has 2 fully saturated rings. The molecular weight excluding hydrogens is 212 g/mol. The molecule has 1 saturated carbocycles. The molecule has 2 rings (SSSR count). The zero-order valence-corrected chi connectivity index (χ0v) is 11.2. The zero-order valence-electron chi connectivity index (χ0n) is 11.2. The number of nitrogens with one attached hydrogen (secondary N) is 1. The highest BCUT2D eigenvalue weighted by molar-refractivity contribution is 5.82. The first kappa shape index (κ1) is 12.8. The number of rotatable bonds is 5. The van der Waals surface area contributed by atoms with Gasteiger partial charge in [0.2, 0.25) is 0 Å². The Balaban J connectivity index is 1.69. The molecule has 0 atom stereocenters. The molecule has 4 heteroatoms. The number of nitrogens with zero attached hydrogens (tertiary/aromatic N) is 2. The van der Waals surface area contributed by atoms with Crippen LogP contribution in [0.25, 0.3) is 0 Å². The molecule has 0 amide bonds. The fraction of sp³-hybridized carbons (Fsp3) is 0.923. The maximum atomic E-state index is 7.56. The van der Waals surface area contributed by atoms with Gasteiger partial charge in [0.05, 0.1) is 5.84 Å². The summed E-state index contributed by atoms with van der Waals surface area (Å²) < 4.78 is 0. The Morgan fingerprint density at radius 3 is 2.29 bits per heavy atom. The number of hydrogen-bond donors (Lipinski definition) is 2. The van der Waals surface area contributed by atoms with Gasteiger partial charge in [-0.05, 0) is 25.8 Å². The Bertz CT molecular complexity index is 275. The maximum absolute atomic E-state index is 7.56. The Morgan fingerprint density at radius 2 is 1.82 bits per heavy atom. The molecule has 17 heavy (non-hydrogen) atoms. The van der Waals surface area contributed by atoms with Crippen LogP contribution >= 0.6 is 0 Å². The van der Waals surface area contributed by atoms with E-state index in [-0.39, 0.29) is 5.41 Å². The fourth-order valence-corrected chi connectivity index (χ4v) is 2.36. The second kappa shape index (κ2) is 4.94. The summed E-state index contributed by atoms with van der Waals surface area (Å²) in [6.07, 6.45) is 3.82. The van der Waals surface area contributed by atoms with Crippen molar-refractivity contribution in [3.8, 4) is 0 Å². The van der Waals surface area contributed by atoms with Crippen LogP contribution in [0.15, 0.2) is 0 Å². The van der Waals surface area contributed by atoms with Gasteiger partial charge in [0, 0.05) is 37.6 Å². The van der Waals surface area contributed by atoms with Crippen LogP contribution in [0.5, 0.6) is 0 Å². The highest BCUT2D eigenvalue weighted by Crippen LogP contribution is 2.27. The van der Waals surface area contributed by atoms with Gasteiger partial charge in [0.1, 0.15) is 0 Å². The normalized spacial score (nSPS) is 23.9. The van der Waals surface area contributed by atoms with Gasteiger partial charge in [-0.25, -0.2) is 0 Å². The van der Waals surface area contributed by atoms with Crippen LogP contribution in [0.3, 0.4) is 0 Å². The van der Waals surface area contributed by atoms with E-state index in [1.165, 1.54) is 39.0 Å². The lowest BCUT2D eigenvalue weighted by molar-refractivity contribution is 0.119. The summed E-state index contributed by atoms with van der Waals surface area (Å²) in [6.45, 7) is 10.0.